The summed E-state index contributed by atoms with van der Waals surface area (Å²) >= 11 is 0. The van der Waals surface area contributed by atoms with E-state index in [1.54, 1.807) is 94.3 Å². The van der Waals surface area contributed by atoms with Gasteiger partial charge in [-0.3, -0.25) is 48.8 Å². The third kappa shape index (κ3) is 16.3. The highest BCUT2D eigenvalue weighted by Gasteiger charge is 2.20. The number of hydrogen-bond donors (Lipinski definition) is 11. The molecule has 0 bridgehead atoms. The minimum Gasteiger partial charge on any atom is -1.00 e. The summed E-state index contributed by atoms with van der Waals surface area (Å²) in [5.74, 6) is -3.19. The molecule has 0 fully saturated rings. The minimum absolute atomic E-state index is 0. The summed E-state index contributed by atoms with van der Waals surface area (Å²) in [5, 5.41) is 33.9. The Morgan fingerprint density at radius 1 is 0.462 bits per heavy atom. The van der Waals surface area contributed by atoms with Gasteiger partial charge in [-0.1, -0.05) is 0 Å². The molecule has 4 aromatic heterocycles. The summed E-state index contributed by atoms with van der Waals surface area (Å²) in [6.45, 7) is 1.79. The Kier molecular flexibility index (Phi) is 20.5. The fourth-order valence-electron chi connectivity index (χ4n) is 6.61. The maximum atomic E-state index is 13.1. The van der Waals surface area contributed by atoms with Crippen LogP contribution in [-0.2, 0) is 47.4 Å². The Balaban J connectivity index is 0.0000112. The van der Waals surface area contributed by atoms with Gasteiger partial charge in [-0.25, -0.2) is 11.0 Å². The van der Waals surface area contributed by atoms with Gasteiger partial charge in [0, 0.05) is 78.7 Å². The van der Waals surface area contributed by atoms with Crippen molar-refractivity contribution in [2.45, 2.75) is 51.4 Å². The lowest BCUT2D eigenvalue weighted by Gasteiger charge is -2.15. The van der Waals surface area contributed by atoms with Gasteiger partial charge in [0.2, 0.25) is 23.6 Å². The molecule has 23 nitrogen and oxygen atoms in total. The minimum atomic E-state index is -0.520. The van der Waals surface area contributed by atoms with E-state index in [1.807, 2.05) is 7.05 Å². The largest absolute Gasteiger partial charge is 1.00 e. The van der Waals surface area contributed by atoms with Gasteiger partial charge in [-0.15, -0.1) is 0 Å². The number of likely N-dealkylation sites (N-methyl/N-ethyl adjacent to an activating group) is 1. The monoisotopic (exact) mass is 927 g/mol. The second-order valence-corrected chi connectivity index (χ2v) is 15.4. The number of nitrogens with one attached hydrogen (secondary N) is 9. The summed E-state index contributed by atoms with van der Waals surface area (Å²) in [6, 6.07) is 6.17. The quantitative estimate of drug-likeness (QED) is 0.0195. The molecule has 0 aliphatic carbocycles. The molecule has 0 saturated carbocycles. The fourth-order valence-corrected chi connectivity index (χ4v) is 6.61. The van der Waals surface area contributed by atoms with Crippen LogP contribution in [0.2, 0.25) is 0 Å². The van der Waals surface area contributed by atoms with Crippen molar-refractivity contribution in [2.24, 2.45) is 28.2 Å². The lowest BCUT2D eigenvalue weighted by Crippen LogP contribution is -3.10. The van der Waals surface area contributed by atoms with Crippen molar-refractivity contribution >= 4 is 70.0 Å². The molecule has 4 rings (SSSR count). The Hall–Kier alpha value is -6.95. The lowest BCUT2D eigenvalue weighted by atomic mass is 10.2. The van der Waals surface area contributed by atoms with Crippen LogP contribution in [0.3, 0.4) is 0 Å². The normalized spacial score (nSPS) is 10.7. The van der Waals surface area contributed by atoms with Gasteiger partial charge in [0.15, 0.2) is 0 Å². The first-order valence-electron chi connectivity index (χ1n) is 20.6. The summed E-state index contributed by atoms with van der Waals surface area (Å²) in [4.78, 5) is 100. The van der Waals surface area contributed by atoms with Crippen LogP contribution in [0.15, 0.2) is 49.1 Å². The van der Waals surface area contributed by atoms with Crippen LogP contribution in [-0.4, -0.2) is 109 Å². The first-order valence-corrected chi connectivity index (χ1v) is 20.6. The number of amides is 8. The Bertz CT molecular complexity index is 2170. The molecule has 0 atom stereocenters. The zero-order chi connectivity index (χ0) is 46.9. The first-order chi connectivity index (χ1) is 30.5. The lowest BCUT2D eigenvalue weighted by molar-refractivity contribution is -0.876. The number of anilines is 4. The summed E-state index contributed by atoms with van der Waals surface area (Å²) in [5.41, 5.74) is 5.92. The second-order valence-electron chi connectivity index (χ2n) is 15.4. The number of unbranched alkanes of at least 4 members (excludes halogenated alkanes) is 2. The fraction of sp³-hybridized carbons (Fsp3) is 0.415. The average molecular weight is 928 g/mol. The molecule has 4 heterocycles. The average Bonchev–Trinajstić information content (AvgIpc) is 4.01. The summed E-state index contributed by atoms with van der Waals surface area (Å²) in [7, 11) is 8.61. The van der Waals surface area contributed by atoms with Crippen molar-refractivity contribution in [2.75, 3.05) is 54.5 Å². The molecular weight excluding hydrogens is 870 g/mol. The Morgan fingerprint density at radius 2 is 0.738 bits per heavy atom. The van der Waals surface area contributed by atoms with Crippen LogP contribution < -0.4 is 60.2 Å². The van der Waals surface area contributed by atoms with Crippen LogP contribution in [0.1, 0.15) is 93.3 Å². The molecular formula is C41H58ClN13O10. The molecule has 354 valence electrons. The molecule has 0 unspecified atom stereocenters. The van der Waals surface area contributed by atoms with Crippen molar-refractivity contribution in [1.82, 2.24) is 39.9 Å². The van der Waals surface area contributed by atoms with Gasteiger partial charge in [0.25, 0.3) is 23.6 Å². The molecule has 0 aliphatic heterocycles. The maximum Gasteiger partial charge on any atom is 0.272 e. The second kappa shape index (κ2) is 25.4. The predicted molar refractivity (Wildman–Crippen MR) is 233 cm³/mol. The number of hydrogen-bond acceptors (Lipinski definition) is 10. The van der Waals surface area contributed by atoms with Gasteiger partial charge >= 0.3 is 0 Å². The van der Waals surface area contributed by atoms with Gasteiger partial charge in [0.1, 0.15) is 22.8 Å². The van der Waals surface area contributed by atoms with E-state index >= 15 is 0 Å². The number of carbonyl (C=O) groups is 8. The zero-order valence-electron chi connectivity index (χ0n) is 36.9. The van der Waals surface area contributed by atoms with E-state index in [0.29, 0.717) is 86.0 Å². The standard InChI is InChI=1S/C41H57N13O10.ClH/c1-50(16-14-42-38(59)30-20-28(24-51(30)2)46-40(61)32-18-26(22-53(32)4)44-34(55)10-6-8-12-36(57)48-63)17-15-43-39(60)31-21-29(25-52(31)3)47-41(62)33-19-27(23-54(33)5)45-35(56)11-7-9-13-37(58)49-64;/h18-25,63-64H,6-17H2,1-5H3,(H,42,59)(H,43,60)(H,44,55)(H,45,56)(H,46,61)(H,47,62)(H,48,57)(H,49,58);1H. The highest BCUT2D eigenvalue weighted by molar-refractivity contribution is 6.06. The summed E-state index contributed by atoms with van der Waals surface area (Å²) in [6.07, 6.45) is 8.68. The van der Waals surface area contributed by atoms with Crippen molar-refractivity contribution in [3.63, 3.8) is 0 Å². The van der Waals surface area contributed by atoms with Gasteiger partial charge in [-0.05, 0) is 49.9 Å². The number of nitrogens with zero attached hydrogens (tertiary/aromatic N) is 4. The molecule has 65 heavy (non-hydrogen) atoms. The van der Waals surface area contributed by atoms with Crippen LogP contribution in [0.25, 0.3) is 0 Å². The topological polar surface area (TPSA) is 297 Å². The van der Waals surface area contributed by atoms with E-state index in [1.165, 1.54) is 12.1 Å². The SMILES string of the molecule is Cn1cc(NC(=O)c2cc(NC(=O)CCCCC(=O)NO)cn2C)cc1C(=O)NCC[NH+](C)CCNC(=O)c1cc(NC(=O)c2cc(NC(=O)CCCCC(=O)NO)cn2C)cn1C.[Cl-]. The number of quaternary nitrogens is 1. The maximum absolute atomic E-state index is 13.1. The molecule has 0 radical (unpaired) electrons. The zero-order valence-corrected chi connectivity index (χ0v) is 37.7. The van der Waals surface area contributed by atoms with E-state index in [0.717, 1.165) is 4.90 Å². The first kappa shape index (κ1) is 52.4. The number of rotatable bonds is 24. The Morgan fingerprint density at radius 3 is 1.05 bits per heavy atom. The number of carbonyl (C=O) groups excluding carboxylic acids is 8. The van der Waals surface area contributed by atoms with Crippen LogP contribution in [0, 0.1) is 0 Å². The third-order valence-electron chi connectivity index (χ3n) is 10.1. The molecule has 0 spiro atoms. The molecule has 4 aromatic rings. The van der Waals surface area contributed by atoms with E-state index in [9.17, 15) is 38.4 Å². The van der Waals surface area contributed by atoms with Crippen LogP contribution in [0.4, 0.5) is 22.7 Å². The van der Waals surface area contributed by atoms with E-state index < -0.39 is 23.6 Å². The molecule has 11 N–H and O–H groups in total. The van der Waals surface area contributed by atoms with Crippen LogP contribution in [0.5, 0.6) is 0 Å². The van der Waals surface area contributed by atoms with E-state index in [4.69, 9.17) is 10.4 Å². The number of hydroxylamine groups is 2. The number of aromatic nitrogens is 4. The van der Waals surface area contributed by atoms with Gasteiger partial charge in [0.05, 0.1) is 56.0 Å². The summed E-state index contributed by atoms with van der Waals surface area (Å²) < 4.78 is 6.31. The van der Waals surface area contributed by atoms with Crippen molar-refractivity contribution in [1.29, 1.82) is 0 Å². The van der Waals surface area contributed by atoms with Gasteiger partial charge < -0.3 is 67.5 Å². The van der Waals surface area contributed by atoms with Gasteiger partial charge in [-0.2, -0.15) is 0 Å². The molecule has 0 saturated heterocycles. The van der Waals surface area contributed by atoms with Crippen molar-refractivity contribution in [3.05, 3.63) is 71.8 Å². The number of halogens is 1. The predicted octanol–water partition coefficient (Wildman–Crippen LogP) is -2.77. The van der Waals surface area contributed by atoms with Crippen molar-refractivity contribution < 1.29 is 66.1 Å². The number of aryl methyl sites for hydroxylation is 4. The molecule has 24 heteroatoms. The van der Waals surface area contributed by atoms with E-state index in [-0.39, 0.29) is 73.1 Å². The van der Waals surface area contributed by atoms with Crippen molar-refractivity contribution in [3.8, 4) is 0 Å². The highest BCUT2D eigenvalue weighted by atomic mass is 35.5. The third-order valence-corrected chi connectivity index (χ3v) is 10.1. The molecule has 8 amide bonds. The smallest absolute Gasteiger partial charge is 0.272 e. The molecule has 0 aromatic carbocycles. The van der Waals surface area contributed by atoms with Crippen LogP contribution >= 0.6 is 0 Å². The Labute approximate surface area is 381 Å². The van der Waals surface area contributed by atoms with E-state index in [2.05, 4.69) is 31.9 Å². The highest BCUT2D eigenvalue weighted by Crippen LogP contribution is 2.20. The molecule has 0 aliphatic rings.